The Kier molecular flexibility index (Phi) is 2.55. The molecule has 1 N–H and O–H groups in total. The van der Waals surface area contributed by atoms with Crippen molar-refractivity contribution in [2.45, 2.75) is 44.6 Å². The SMILES string of the molecule is C=C(C)C1=CCC2(O)CCCC(C1)C2=O. The Morgan fingerprint density at radius 3 is 3.07 bits per heavy atom. The van der Waals surface area contributed by atoms with Crippen molar-refractivity contribution in [2.75, 3.05) is 0 Å². The van der Waals surface area contributed by atoms with Gasteiger partial charge in [0.2, 0.25) is 0 Å². The molecule has 0 radical (unpaired) electrons. The monoisotopic (exact) mass is 206 g/mol. The first-order chi connectivity index (χ1) is 7.03. The molecule has 2 atom stereocenters. The lowest BCUT2D eigenvalue weighted by Crippen LogP contribution is -2.44. The third-order valence-electron chi connectivity index (χ3n) is 3.67. The molecular weight excluding hydrogens is 188 g/mol. The van der Waals surface area contributed by atoms with E-state index in [-0.39, 0.29) is 11.7 Å². The zero-order valence-electron chi connectivity index (χ0n) is 9.25. The van der Waals surface area contributed by atoms with Gasteiger partial charge < -0.3 is 5.11 Å². The lowest BCUT2D eigenvalue weighted by atomic mass is 9.75. The molecule has 0 heterocycles. The van der Waals surface area contributed by atoms with Gasteiger partial charge in [-0.05, 0) is 38.2 Å². The smallest absolute Gasteiger partial charge is 0.168 e. The van der Waals surface area contributed by atoms with Crippen molar-refractivity contribution in [2.24, 2.45) is 5.92 Å². The normalized spacial score (nSPS) is 35.7. The maximum Gasteiger partial charge on any atom is 0.168 e. The highest BCUT2D eigenvalue weighted by Gasteiger charge is 2.43. The summed E-state index contributed by atoms with van der Waals surface area (Å²) in [6.07, 6.45) is 5.77. The zero-order valence-corrected chi connectivity index (χ0v) is 9.25. The quantitative estimate of drug-likeness (QED) is 0.715. The van der Waals surface area contributed by atoms with Crippen molar-refractivity contribution >= 4 is 5.78 Å². The molecule has 2 aliphatic carbocycles. The molecule has 1 saturated carbocycles. The first kappa shape index (κ1) is 10.6. The van der Waals surface area contributed by atoms with Gasteiger partial charge in [0.05, 0.1) is 0 Å². The molecule has 2 rings (SSSR count). The molecule has 0 aliphatic heterocycles. The topological polar surface area (TPSA) is 37.3 Å². The van der Waals surface area contributed by atoms with E-state index in [1.54, 1.807) is 0 Å². The molecular formula is C13H18O2. The molecule has 2 bridgehead atoms. The van der Waals surface area contributed by atoms with E-state index < -0.39 is 5.60 Å². The Morgan fingerprint density at radius 1 is 1.67 bits per heavy atom. The summed E-state index contributed by atoms with van der Waals surface area (Å²) in [5, 5.41) is 10.2. The third kappa shape index (κ3) is 1.78. The summed E-state index contributed by atoms with van der Waals surface area (Å²) in [4.78, 5) is 12.0. The Balaban J connectivity index is 2.32. The van der Waals surface area contributed by atoms with E-state index in [2.05, 4.69) is 6.58 Å². The van der Waals surface area contributed by atoms with Crippen LogP contribution in [0, 0.1) is 5.92 Å². The van der Waals surface area contributed by atoms with Gasteiger partial charge in [-0.3, -0.25) is 4.79 Å². The van der Waals surface area contributed by atoms with Crippen LogP contribution in [0.4, 0.5) is 0 Å². The van der Waals surface area contributed by atoms with Gasteiger partial charge in [-0.2, -0.15) is 0 Å². The fraction of sp³-hybridized carbons (Fsp3) is 0.615. The van der Waals surface area contributed by atoms with Crippen molar-refractivity contribution in [1.29, 1.82) is 0 Å². The maximum atomic E-state index is 12.0. The molecule has 2 nitrogen and oxygen atoms in total. The lowest BCUT2D eigenvalue weighted by Gasteiger charge is -2.32. The molecule has 0 aromatic carbocycles. The summed E-state index contributed by atoms with van der Waals surface area (Å²) in [5.41, 5.74) is 1.12. The van der Waals surface area contributed by atoms with Gasteiger partial charge in [0.1, 0.15) is 5.60 Å². The number of ketones is 1. The van der Waals surface area contributed by atoms with Crippen LogP contribution in [0.5, 0.6) is 0 Å². The molecule has 0 aromatic heterocycles. The fourth-order valence-corrected chi connectivity index (χ4v) is 2.66. The molecule has 82 valence electrons. The van der Waals surface area contributed by atoms with Crippen LogP contribution in [0.3, 0.4) is 0 Å². The van der Waals surface area contributed by atoms with Crippen molar-refractivity contribution in [1.82, 2.24) is 0 Å². The highest BCUT2D eigenvalue weighted by Crippen LogP contribution is 2.39. The maximum absolute atomic E-state index is 12.0. The van der Waals surface area contributed by atoms with Gasteiger partial charge in [0, 0.05) is 12.3 Å². The van der Waals surface area contributed by atoms with Crippen LogP contribution in [-0.4, -0.2) is 16.5 Å². The first-order valence-electron chi connectivity index (χ1n) is 5.64. The number of fused-ring (bicyclic) bond motifs is 2. The van der Waals surface area contributed by atoms with Crippen molar-refractivity contribution < 1.29 is 9.90 Å². The highest BCUT2D eigenvalue weighted by molar-refractivity contribution is 5.90. The van der Waals surface area contributed by atoms with Crippen LogP contribution in [0.15, 0.2) is 23.8 Å². The average Bonchev–Trinajstić information content (AvgIpc) is 2.27. The number of carbonyl (C=O) groups excluding carboxylic acids is 1. The minimum absolute atomic E-state index is 0.0224. The second-order valence-corrected chi connectivity index (χ2v) is 4.90. The molecule has 0 aromatic rings. The Bertz CT molecular complexity index is 340. The predicted octanol–water partition coefficient (Wildman–Crippen LogP) is 2.38. The standard InChI is InChI=1S/C13H18O2/c1-9(2)10-5-7-13(15)6-3-4-11(8-10)12(13)14/h5,11,15H,1,3-4,6-8H2,2H3. The molecule has 0 spiro atoms. The van der Waals surface area contributed by atoms with Crippen LogP contribution in [0.1, 0.15) is 39.0 Å². The van der Waals surface area contributed by atoms with Gasteiger partial charge in [-0.25, -0.2) is 0 Å². The predicted molar refractivity (Wildman–Crippen MR) is 59.4 cm³/mol. The Morgan fingerprint density at radius 2 is 2.40 bits per heavy atom. The average molecular weight is 206 g/mol. The summed E-state index contributed by atoms with van der Waals surface area (Å²) >= 11 is 0. The third-order valence-corrected chi connectivity index (χ3v) is 3.67. The van der Waals surface area contributed by atoms with Gasteiger partial charge >= 0.3 is 0 Å². The molecule has 2 heteroatoms. The van der Waals surface area contributed by atoms with Crippen molar-refractivity contribution in [3.8, 4) is 0 Å². The van der Waals surface area contributed by atoms with E-state index in [0.717, 1.165) is 30.4 Å². The van der Waals surface area contributed by atoms with Crippen molar-refractivity contribution in [3.63, 3.8) is 0 Å². The van der Waals surface area contributed by atoms with E-state index in [4.69, 9.17) is 0 Å². The molecule has 0 amide bonds. The largest absolute Gasteiger partial charge is 0.382 e. The molecule has 2 aliphatic rings. The fourth-order valence-electron chi connectivity index (χ4n) is 2.66. The summed E-state index contributed by atoms with van der Waals surface area (Å²) in [7, 11) is 0. The van der Waals surface area contributed by atoms with E-state index in [1.807, 2.05) is 13.0 Å². The Hall–Kier alpha value is -0.890. The summed E-state index contributed by atoms with van der Waals surface area (Å²) < 4.78 is 0. The van der Waals surface area contributed by atoms with Gasteiger partial charge in [-0.1, -0.05) is 18.2 Å². The second kappa shape index (κ2) is 3.60. The van der Waals surface area contributed by atoms with Crippen LogP contribution < -0.4 is 0 Å². The van der Waals surface area contributed by atoms with Gasteiger partial charge in [0.25, 0.3) is 0 Å². The summed E-state index contributed by atoms with van der Waals surface area (Å²) in [5.74, 6) is 0.0791. The van der Waals surface area contributed by atoms with E-state index in [1.165, 1.54) is 0 Å². The molecule has 2 unspecified atom stereocenters. The van der Waals surface area contributed by atoms with Gasteiger partial charge in [-0.15, -0.1) is 0 Å². The number of Topliss-reactive ketones (excluding diaryl/α,β-unsaturated/α-hetero) is 1. The number of hydrogen-bond donors (Lipinski definition) is 1. The summed E-state index contributed by atoms with van der Waals surface area (Å²) in [6, 6.07) is 0. The van der Waals surface area contributed by atoms with E-state index in [9.17, 15) is 9.90 Å². The van der Waals surface area contributed by atoms with Crippen molar-refractivity contribution in [3.05, 3.63) is 23.8 Å². The number of allylic oxidation sites excluding steroid dienone is 2. The number of aliphatic hydroxyl groups is 1. The van der Waals surface area contributed by atoms with Gasteiger partial charge in [0.15, 0.2) is 5.78 Å². The highest BCUT2D eigenvalue weighted by atomic mass is 16.3. The summed E-state index contributed by atoms with van der Waals surface area (Å²) in [6.45, 7) is 5.89. The second-order valence-electron chi connectivity index (χ2n) is 4.90. The van der Waals surface area contributed by atoms with E-state index in [0.29, 0.717) is 12.8 Å². The first-order valence-corrected chi connectivity index (χ1v) is 5.64. The molecule has 1 fully saturated rings. The zero-order chi connectivity index (χ0) is 11.1. The molecule has 15 heavy (non-hydrogen) atoms. The van der Waals surface area contributed by atoms with Crippen LogP contribution in [-0.2, 0) is 4.79 Å². The number of carbonyl (C=O) groups is 1. The minimum Gasteiger partial charge on any atom is -0.382 e. The molecule has 0 saturated heterocycles. The number of rotatable bonds is 1. The van der Waals surface area contributed by atoms with Crippen LogP contribution in [0.25, 0.3) is 0 Å². The Labute approximate surface area is 90.7 Å². The van der Waals surface area contributed by atoms with E-state index >= 15 is 0 Å². The number of hydrogen-bond acceptors (Lipinski definition) is 2. The lowest BCUT2D eigenvalue weighted by molar-refractivity contribution is -0.145. The van der Waals surface area contributed by atoms with Crippen LogP contribution in [0.2, 0.25) is 0 Å². The van der Waals surface area contributed by atoms with Crippen LogP contribution >= 0.6 is 0 Å². The minimum atomic E-state index is -1.07.